The number of hydrogen-bond acceptors (Lipinski definition) is 6. The van der Waals surface area contributed by atoms with Crippen LogP contribution in [0.2, 0.25) is 0 Å². The highest BCUT2D eigenvalue weighted by molar-refractivity contribution is 5.97. The number of ether oxygens (including phenoxy) is 2. The Morgan fingerprint density at radius 1 is 1.04 bits per heavy atom. The number of nitrogens with one attached hydrogen (secondary N) is 2. The van der Waals surface area contributed by atoms with Crippen molar-refractivity contribution in [3.05, 3.63) is 47.7 Å². The van der Waals surface area contributed by atoms with E-state index in [1.807, 2.05) is 12.1 Å². The number of pyridine rings is 1. The van der Waals surface area contributed by atoms with Crippen molar-refractivity contribution >= 4 is 17.6 Å². The zero-order valence-electron chi connectivity index (χ0n) is 15.4. The lowest BCUT2D eigenvalue weighted by Gasteiger charge is -2.17. The minimum atomic E-state index is -0.339. The predicted octanol–water partition coefficient (Wildman–Crippen LogP) is 1.46. The minimum absolute atomic E-state index is 0.0999. The third-order valence-corrected chi connectivity index (χ3v) is 4.77. The molecule has 146 valence electrons. The van der Waals surface area contributed by atoms with Crippen LogP contribution >= 0.6 is 0 Å². The topological polar surface area (TPSA) is 92.8 Å². The predicted molar refractivity (Wildman–Crippen MR) is 102 cm³/mol. The summed E-state index contributed by atoms with van der Waals surface area (Å²) in [5.74, 6) is 1.49. The highest BCUT2D eigenvalue weighted by Gasteiger charge is 2.17. The quantitative estimate of drug-likeness (QED) is 0.786. The lowest BCUT2D eigenvalue weighted by atomic mass is 10.2. The molecule has 0 spiro atoms. The minimum Gasteiger partial charge on any atom is -0.454 e. The molecule has 8 heteroatoms. The van der Waals surface area contributed by atoms with Gasteiger partial charge < -0.3 is 25.0 Å². The molecule has 0 radical (unpaired) electrons. The van der Waals surface area contributed by atoms with Crippen LogP contribution < -0.4 is 25.0 Å². The van der Waals surface area contributed by atoms with Crippen molar-refractivity contribution in [3.8, 4) is 11.5 Å². The molecule has 28 heavy (non-hydrogen) atoms. The third kappa shape index (κ3) is 4.16. The number of benzene rings is 1. The molecule has 1 fully saturated rings. The van der Waals surface area contributed by atoms with E-state index >= 15 is 0 Å². The molecule has 0 saturated carbocycles. The number of nitrogens with zero attached hydrogens (tertiary/aromatic N) is 2. The average molecular weight is 382 g/mol. The number of rotatable bonds is 6. The summed E-state index contributed by atoms with van der Waals surface area (Å²) in [5, 5.41) is 5.43. The van der Waals surface area contributed by atoms with E-state index < -0.39 is 0 Å². The zero-order valence-corrected chi connectivity index (χ0v) is 15.4. The van der Waals surface area contributed by atoms with E-state index in [0.717, 1.165) is 24.5 Å². The van der Waals surface area contributed by atoms with E-state index in [2.05, 4.69) is 20.5 Å². The Bertz CT molecular complexity index is 880. The van der Waals surface area contributed by atoms with E-state index in [4.69, 9.17) is 9.47 Å². The van der Waals surface area contributed by atoms with Crippen LogP contribution in [0.5, 0.6) is 11.5 Å². The molecule has 0 atom stereocenters. The Balaban J connectivity index is 1.25. The van der Waals surface area contributed by atoms with Crippen LogP contribution in [0, 0.1) is 0 Å². The lowest BCUT2D eigenvalue weighted by Crippen LogP contribution is -2.36. The SMILES string of the molecule is O=C(CNC(=O)c1ccc2c(c1)OCO2)NCc1ccnc(N2CCCC2)c1. The maximum atomic E-state index is 12.2. The van der Waals surface area contributed by atoms with Gasteiger partial charge in [0.1, 0.15) is 5.82 Å². The van der Waals surface area contributed by atoms with Gasteiger partial charge in [0.05, 0.1) is 6.54 Å². The van der Waals surface area contributed by atoms with Gasteiger partial charge in [-0.2, -0.15) is 0 Å². The van der Waals surface area contributed by atoms with Gasteiger partial charge in [0.15, 0.2) is 11.5 Å². The van der Waals surface area contributed by atoms with E-state index in [9.17, 15) is 9.59 Å². The molecule has 0 bridgehead atoms. The van der Waals surface area contributed by atoms with Gasteiger partial charge >= 0.3 is 0 Å². The first kappa shape index (κ1) is 18.1. The van der Waals surface area contributed by atoms with Gasteiger partial charge in [0, 0.05) is 31.4 Å². The van der Waals surface area contributed by atoms with Crippen molar-refractivity contribution in [1.82, 2.24) is 15.6 Å². The van der Waals surface area contributed by atoms with Gasteiger partial charge in [-0.25, -0.2) is 4.98 Å². The summed E-state index contributed by atoms with van der Waals surface area (Å²) in [6, 6.07) is 8.80. The van der Waals surface area contributed by atoms with Crippen LogP contribution in [0.1, 0.15) is 28.8 Å². The number of anilines is 1. The molecule has 1 saturated heterocycles. The number of carbonyl (C=O) groups excluding carboxylic acids is 2. The van der Waals surface area contributed by atoms with Crippen molar-refractivity contribution < 1.29 is 19.1 Å². The Hall–Kier alpha value is -3.29. The van der Waals surface area contributed by atoms with Crippen molar-refractivity contribution in [3.63, 3.8) is 0 Å². The Kier molecular flexibility index (Phi) is 5.27. The molecule has 1 aromatic carbocycles. The molecule has 8 nitrogen and oxygen atoms in total. The fraction of sp³-hybridized carbons (Fsp3) is 0.350. The first-order valence-corrected chi connectivity index (χ1v) is 9.33. The summed E-state index contributed by atoms with van der Waals surface area (Å²) >= 11 is 0. The summed E-state index contributed by atoms with van der Waals surface area (Å²) < 4.78 is 10.5. The maximum Gasteiger partial charge on any atom is 0.251 e. The molecule has 2 amide bonds. The van der Waals surface area contributed by atoms with Crippen molar-refractivity contribution in [2.24, 2.45) is 0 Å². The highest BCUT2D eigenvalue weighted by Crippen LogP contribution is 2.32. The molecule has 3 heterocycles. The first-order valence-electron chi connectivity index (χ1n) is 9.33. The van der Waals surface area contributed by atoms with E-state index in [1.165, 1.54) is 12.8 Å². The maximum absolute atomic E-state index is 12.2. The fourth-order valence-corrected chi connectivity index (χ4v) is 3.25. The number of hydrogen-bond donors (Lipinski definition) is 2. The Morgan fingerprint density at radius 3 is 2.71 bits per heavy atom. The molecular weight excluding hydrogens is 360 g/mol. The zero-order chi connectivity index (χ0) is 19.3. The number of amides is 2. The number of carbonyl (C=O) groups is 2. The average Bonchev–Trinajstić information content (AvgIpc) is 3.42. The van der Waals surface area contributed by atoms with Crippen molar-refractivity contribution in [2.45, 2.75) is 19.4 Å². The van der Waals surface area contributed by atoms with Crippen molar-refractivity contribution in [1.29, 1.82) is 0 Å². The highest BCUT2D eigenvalue weighted by atomic mass is 16.7. The monoisotopic (exact) mass is 382 g/mol. The molecule has 1 aromatic heterocycles. The standard InChI is InChI=1S/C20H22N4O4/c25-19(12-23-20(26)15-3-4-16-17(10-15)28-13-27-16)22-11-14-5-6-21-18(9-14)24-7-1-2-8-24/h3-6,9-10H,1-2,7-8,11-13H2,(H,22,25)(H,23,26). The summed E-state index contributed by atoms with van der Waals surface area (Å²) in [5.41, 5.74) is 1.40. The molecule has 0 unspecified atom stereocenters. The molecule has 0 aliphatic carbocycles. The van der Waals surface area contributed by atoms with Crippen LogP contribution in [0.15, 0.2) is 36.5 Å². The number of aromatic nitrogens is 1. The summed E-state index contributed by atoms with van der Waals surface area (Å²) in [4.78, 5) is 30.9. The van der Waals surface area contributed by atoms with Gasteiger partial charge in [0.25, 0.3) is 5.91 Å². The second kappa shape index (κ2) is 8.16. The smallest absolute Gasteiger partial charge is 0.251 e. The van der Waals surface area contributed by atoms with Crippen LogP contribution in [0.25, 0.3) is 0 Å². The van der Waals surface area contributed by atoms with Gasteiger partial charge in [-0.3, -0.25) is 9.59 Å². The van der Waals surface area contributed by atoms with Gasteiger partial charge in [-0.15, -0.1) is 0 Å². The van der Waals surface area contributed by atoms with Crippen LogP contribution in [0.4, 0.5) is 5.82 Å². The molecule has 2 aromatic rings. The second-order valence-electron chi connectivity index (χ2n) is 6.74. The molecular formula is C20H22N4O4. The third-order valence-electron chi connectivity index (χ3n) is 4.77. The largest absolute Gasteiger partial charge is 0.454 e. The van der Waals surface area contributed by atoms with E-state index in [1.54, 1.807) is 24.4 Å². The van der Waals surface area contributed by atoms with Crippen LogP contribution in [0.3, 0.4) is 0 Å². The molecule has 2 aliphatic rings. The van der Waals surface area contributed by atoms with Gasteiger partial charge in [-0.05, 0) is 48.7 Å². The van der Waals surface area contributed by atoms with E-state index in [0.29, 0.717) is 23.6 Å². The summed E-state index contributed by atoms with van der Waals surface area (Å²) in [6.45, 7) is 2.49. The van der Waals surface area contributed by atoms with Crippen LogP contribution in [-0.2, 0) is 11.3 Å². The molecule has 2 aliphatic heterocycles. The van der Waals surface area contributed by atoms with Crippen molar-refractivity contribution in [2.75, 3.05) is 31.3 Å². The first-order chi connectivity index (χ1) is 13.7. The molecule has 2 N–H and O–H groups in total. The fourth-order valence-electron chi connectivity index (χ4n) is 3.25. The second-order valence-corrected chi connectivity index (χ2v) is 6.74. The Labute approximate surface area is 162 Å². The summed E-state index contributed by atoms with van der Waals surface area (Å²) in [7, 11) is 0. The van der Waals surface area contributed by atoms with E-state index in [-0.39, 0.29) is 25.2 Å². The van der Waals surface area contributed by atoms with Crippen LogP contribution in [-0.4, -0.2) is 43.2 Å². The normalized spacial score (nSPS) is 14.8. The lowest BCUT2D eigenvalue weighted by molar-refractivity contribution is -0.120. The van der Waals surface area contributed by atoms with Gasteiger partial charge in [-0.1, -0.05) is 0 Å². The summed E-state index contributed by atoms with van der Waals surface area (Å²) in [6.07, 6.45) is 4.13. The number of fused-ring (bicyclic) bond motifs is 1. The van der Waals surface area contributed by atoms with Gasteiger partial charge in [0.2, 0.25) is 12.7 Å². The Morgan fingerprint density at radius 2 is 1.86 bits per heavy atom. The molecule has 4 rings (SSSR count).